The number of phenolic OH excluding ortho intramolecular Hbond substituents is 1. The van der Waals surface area contributed by atoms with E-state index >= 15 is 0 Å². The first-order valence-electron chi connectivity index (χ1n) is 7.43. The Kier molecular flexibility index (Phi) is 4.09. The third kappa shape index (κ3) is 3.27. The van der Waals surface area contributed by atoms with E-state index in [1.54, 1.807) is 30.3 Å². The zero-order valence-electron chi connectivity index (χ0n) is 12.2. The maximum atomic E-state index is 13.3. The summed E-state index contributed by atoms with van der Waals surface area (Å²) in [5.74, 6) is 0.180. The molecule has 114 valence electrons. The van der Waals surface area contributed by atoms with Crippen LogP contribution in [0.5, 0.6) is 5.75 Å². The minimum absolute atomic E-state index is 0.0458. The standard InChI is InChI=1S/C18H18FNO2/c19-16-5-2-4-14(11-16)15-7-8-20(12-15)18(22)10-13-3-1-6-17(21)9-13/h1-6,9,11,15,21H,7-8,10,12H2. The molecule has 0 radical (unpaired) electrons. The Bertz CT molecular complexity index is 686. The summed E-state index contributed by atoms with van der Waals surface area (Å²) in [6.45, 7) is 1.32. The SMILES string of the molecule is O=C(Cc1cccc(O)c1)N1CCC(c2cccc(F)c2)C1. The number of carbonyl (C=O) groups is 1. The van der Waals surface area contributed by atoms with E-state index in [1.807, 2.05) is 17.0 Å². The van der Waals surface area contributed by atoms with Crippen molar-refractivity contribution in [3.05, 3.63) is 65.5 Å². The van der Waals surface area contributed by atoms with Gasteiger partial charge in [-0.05, 0) is 41.8 Å². The Morgan fingerprint density at radius 3 is 2.82 bits per heavy atom. The summed E-state index contributed by atoms with van der Waals surface area (Å²) in [4.78, 5) is 14.2. The van der Waals surface area contributed by atoms with Crippen LogP contribution in [0, 0.1) is 5.82 Å². The predicted octanol–water partition coefficient (Wildman–Crippen LogP) is 3.09. The van der Waals surface area contributed by atoms with Crippen LogP contribution in [0.1, 0.15) is 23.5 Å². The van der Waals surface area contributed by atoms with Gasteiger partial charge in [0.1, 0.15) is 11.6 Å². The van der Waals surface area contributed by atoms with Gasteiger partial charge in [-0.3, -0.25) is 4.79 Å². The van der Waals surface area contributed by atoms with Crippen molar-refractivity contribution in [2.24, 2.45) is 0 Å². The van der Waals surface area contributed by atoms with Gasteiger partial charge in [0.2, 0.25) is 5.91 Å². The molecule has 1 saturated heterocycles. The summed E-state index contributed by atoms with van der Waals surface area (Å²) in [5, 5.41) is 9.45. The third-order valence-electron chi connectivity index (χ3n) is 4.13. The van der Waals surface area contributed by atoms with E-state index in [0.717, 1.165) is 17.5 Å². The molecule has 1 amide bonds. The second kappa shape index (κ2) is 6.18. The molecule has 0 aliphatic carbocycles. The van der Waals surface area contributed by atoms with Gasteiger partial charge < -0.3 is 10.0 Å². The molecule has 2 aromatic rings. The maximum absolute atomic E-state index is 13.3. The van der Waals surface area contributed by atoms with E-state index in [9.17, 15) is 14.3 Å². The van der Waals surface area contributed by atoms with Gasteiger partial charge in [-0.25, -0.2) is 4.39 Å². The summed E-state index contributed by atoms with van der Waals surface area (Å²) < 4.78 is 13.3. The highest BCUT2D eigenvalue weighted by Gasteiger charge is 2.27. The zero-order valence-corrected chi connectivity index (χ0v) is 12.2. The lowest BCUT2D eigenvalue weighted by atomic mass is 9.98. The molecular weight excluding hydrogens is 281 g/mol. The number of halogens is 1. The van der Waals surface area contributed by atoms with Gasteiger partial charge in [0.05, 0.1) is 6.42 Å². The third-order valence-corrected chi connectivity index (χ3v) is 4.13. The Labute approximate surface area is 129 Å². The lowest BCUT2D eigenvalue weighted by Gasteiger charge is -2.17. The Morgan fingerprint density at radius 2 is 2.05 bits per heavy atom. The van der Waals surface area contributed by atoms with E-state index < -0.39 is 0 Å². The summed E-state index contributed by atoms with van der Waals surface area (Å²) in [6.07, 6.45) is 1.14. The first-order valence-corrected chi connectivity index (χ1v) is 7.43. The van der Waals surface area contributed by atoms with Gasteiger partial charge in [0, 0.05) is 19.0 Å². The van der Waals surface area contributed by atoms with Crippen LogP contribution < -0.4 is 0 Å². The lowest BCUT2D eigenvalue weighted by Crippen LogP contribution is -2.29. The fourth-order valence-corrected chi connectivity index (χ4v) is 2.97. The van der Waals surface area contributed by atoms with Crippen LogP contribution in [-0.4, -0.2) is 29.0 Å². The molecule has 0 aromatic heterocycles. The molecule has 0 spiro atoms. The monoisotopic (exact) mass is 299 g/mol. The lowest BCUT2D eigenvalue weighted by molar-refractivity contribution is -0.129. The highest BCUT2D eigenvalue weighted by molar-refractivity contribution is 5.79. The molecule has 1 unspecified atom stereocenters. The van der Waals surface area contributed by atoms with Crippen LogP contribution in [0.4, 0.5) is 4.39 Å². The van der Waals surface area contributed by atoms with Crippen LogP contribution >= 0.6 is 0 Å². The number of phenols is 1. The fraction of sp³-hybridized carbons (Fsp3) is 0.278. The predicted molar refractivity (Wildman–Crippen MR) is 82.1 cm³/mol. The second-order valence-corrected chi connectivity index (χ2v) is 5.73. The summed E-state index contributed by atoms with van der Waals surface area (Å²) >= 11 is 0. The number of nitrogens with zero attached hydrogens (tertiary/aromatic N) is 1. The average Bonchev–Trinajstić information content (AvgIpc) is 2.97. The number of rotatable bonds is 3. The smallest absolute Gasteiger partial charge is 0.227 e. The van der Waals surface area contributed by atoms with Crippen molar-refractivity contribution in [1.82, 2.24) is 4.90 Å². The molecular formula is C18H18FNO2. The number of aromatic hydroxyl groups is 1. The molecule has 1 fully saturated rings. The van der Waals surface area contributed by atoms with Crippen LogP contribution in [0.2, 0.25) is 0 Å². The number of hydrogen-bond acceptors (Lipinski definition) is 2. The van der Waals surface area contributed by atoms with Crippen molar-refractivity contribution in [2.45, 2.75) is 18.8 Å². The molecule has 22 heavy (non-hydrogen) atoms. The molecule has 1 N–H and O–H groups in total. The van der Waals surface area contributed by atoms with Crippen molar-refractivity contribution in [3.8, 4) is 5.75 Å². The molecule has 4 heteroatoms. The molecule has 1 aliphatic rings. The average molecular weight is 299 g/mol. The Balaban J connectivity index is 1.63. The molecule has 3 rings (SSSR count). The van der Waals surface area contributed by atoms with Gasteiger partial charge in [0.25, 0.3) is 0 Å². The molecule has 3 nitrogen and oxygen atoms in total. The second-order valence-electron chi connectivity index (χ2n) is 5.73. The van der Waals surface area contributed by atoms with Crippen LogP contribution in [-0.2, 0) is 11.2 Å². The van der Waals surface area contributed by atoms with E-state index in [4.69, 9.17) is 0 Å². The van der Waals surface area contributed by atoms with E-state index in [1.165, 1.54) is 6.07 Å². The zero-order chi connectivity index (χ0) is 15.5. The van der Waals surface area contributed by atoms with E-state index in [-0.39, 0.29) is 29.8 Å². The molecule has 0 saturated carbocycles. The topological polar surface area (TPSA) is 40.5 Å². The Morgan fingerprint density at radius 1 is 1.23 bits per heavy atom. The normalized spacial score (nSPS) is 17.7. The summed E-state index contributed by atoms with van der Waals surface area (Å²) in [5.41, 5.74) is 1.76. The number of amides is 1. The molecule has 0 bridgehead atoms. The minimum Gasteiger partial charge on any atom is -0.508 e. The first-order chi connectivity index (χ1) is 10.6. The maximum Gasteiger partial charge on any atom is 0.227 e. The van der Waals surface area contributed by atoms with Gasteiger partial charge in [-0.2, -0.15) is 0 Å². The van der Waals surface area contributed by atoms with Gasteiger partial charge in [-0.1, -0.05) is 24.3 Å². The minimum atomic E-state index is -0.234. The number of benzene rings is 2. The van der Waals surface area contributed by atoms with Gasteiger partial charge >= 0.3 is 0 Å². The molecule has 1 aliphatic heterocycles. The van der Waals surface area contributed by atoms with Crippen molar-refractivity contribution in [2.75, 3.05) is 13.1 Å². The van der Waals surface area contributed by atoms with Crippen LogP contribution in [0.15, 0.2) is 48.5 Å². The quantitative estimate of drug-likeness (QED) is 0.946. The van der Waals surface area contributed by atoms with Crippen LogP contribution in [0.25, 0.3) is 0 Å². The van der Waals surface area contributed by atoms with E-state index in [2.05, 4.69) is 0 Å². The van der Waals surface area contributed by atoms with Crippen molar-refractivity contribution < 1.29 is 14.3 Å². The number of likely N-dealkylation sites (tertiary alicyclic amines) is 1. The van der Waals surface area contributed by atoms with Crippen molar-refractivity contribution in [1.29, 1.82) is 0 Å². The number of hydrogen-bond donors (Lipinski definition) is 1. The highest BCUT2D eigenvalue weighted by atomic mass is 19.1. The molecule has 2 aromatic carbocycles. The van der Waals surface area contributed by atoms with E-state index in [0.29, 0.717) is 13.1 Å². The van der Waals surface area contributed by atoms with Gasteiger partial charge in [0.15, 0.2) is 0 Å². The largest absolute Gasteiger partial charge is 0.508 e. The fourth-order valence-electron chi connectivity index (χ4n) is 2.97. The highest BCUT2D eigenvalue weighted by Crippen LogP contribution is 2.28. The molecule has 1 heterocycles. The van der Waals surface area contributed by atoms with Gasteiger partial charge in [-0.15, -0.1) is 0 Å². The first kappa shape index (κ1) is 14.6. The number of carbonyl (C=O) groups excluding carboxylic acids is 1. The van der Waals surface area contributed by atoms with Crippen LogP contribution in [0.3, 0.4) is 0 Å². The summed E-state index contributed by atoms with van der Waals surface area (Å²) in [7, 11) is 0. The Hall–Kier alpha value is -2.36. The molecule has 1 atom stereocenters. The van der Waals surface area contributed by atoms with Crippen molar-refractivity contribution >= 4 is 5.91 Å². The summed E-state index contributed by atoms with van der Waals surface area (Å²) in [6, 6.07) is 13.4. The van der Waals surface area contributed by atoms with Crippen molar-refractivity contribution in [3.63, 3.8) is 0 Å².